The van der Waals surface area contributed by atoms with Crippen LogP contribution in [0.15, 0.2) is 18.2 Å². The first-order valence-corrected chi connectivity index (χ1v) is 7.36. The van der Waals surface area contributed by atoms with E-state index in [9.17, 15) is 0 Å². The van der Waals surface area contributed by atoms with Crippen molar-refractivity contribution in [2.24, 2.45) is 5.92 Å². The van der Waals surface area contributed by atoms with E-state index in [1.165, 1.54) is 5.56 Å². The van der Waals surface area contributed by atoms with E-state index in [1.54, 1.807) is 0 Å². The summed E-state index contributed by atoms with van der Waals surface area (Å²) in [5.74, 6) is 1.33. The van der Waals surface area contributed by atoms with Gasteiger partial charge in [-0.25, -0.2) is 0 Å². The van der Waals surface area contributed by atoms with Crippen LogP contribution in [0.1, 0.15) is 46.6 Å². The third-order valence-corrected chi connectivity index (χ3v) is 3.33. The minimum atomic E-state index is 0.109. The molecule has 1 aromatic carbocycles. The third kappa shape index (κ3) is 6.31. The molecule has 108 valence electrons. The fourth-order valence-electron chi connectivity index (χ4n) is 1.49. The summed E-state index contributed by atoms with van der Waals surface area (Å²) in [6.07, 6.45) is 1.12. The van der Waals surface area contributed by atoms with E-state index in [4.69, 9.17) is 16.3 Å². The quantitative estimate of drug-likeness (QED) is 0.820. The number of hydrogen-bond acceptors (Lipinski definition) is 2. The topological polar surface area (TPSA) is 21.3 Å². The molecule has 1 N–H and O–H groups in total. The van der Waals surface area contributed by atoms with Gasteiger partial charge in [0.1, 0.15) is 5.75 Å². The van der Waals surface area contributed by atoms with Crippen molar-refractivity contribution in [2.75, 3.05) is 6.61 Å². The van der Waals surface area contributed by atoms with Gasteiger partial charge in [-0.3, -0.25) is 0 Å². The Labute approximate surface area is 122 Å². The Morgan fingerprint density at radius 3 is 2.53 bits per heavy atom. The van der Waals surface area contributed by atoms with E-state index < -0.39 is 0 Å². The van der Waals surface area contributed by atoms with Crippen molar-refractivity contribution >= 4 is 11.6 Å². The number of halogens is 1. The molecule has 1 atom stereocenters. The predicted octanol–water partition coefficient (Wildman–Crippen LogP) is 4.65. The van der Waals surface area contributed by atoms with Gasteiger partial charge in [-0.2, -0.15) is 0 Å². The van der Waals surface area contributed by atoms with Crippen LogP contribution in [0.2, 0.25) is 5.02 Å². The average molecular weight is 284 g/mol. The molecule has 0 spiro atoms. The first kappa shape index (κ1) is 16.3. The summed E-state index contributed by atoms with van der Waals surface area (Å²) < 4.78 is 5.74. The molecule has 0 saturated carbocycles. The third-order valence-electron chi connectivity index (χ3n) is 3.04. The molecule has 0 aliphatic heterocycles. The second kappa shape index (κ2) is 7.16. The van der Waals surface area contributed by atoms with Gasteiger partial charge >= 0.3 is 0 Å². The van der Waals surface area contributed by atoms with Crippen molar-refractivity contribution in [1.82, 2.24) is 5.32 Å². The maximum atomic E-state index is 6.25. The van der Waals surface area contributed by atoms with E-state index in [0.29, 0.717) is 10.9 Å². The lowest BCUT2D eigenvalue weighted by atomic mass is 10.1. The molecular formula is C16H26ClNO. The normalized spacial score (nSPS) is 13.4. The lowest BCUT2D eigenvalue weighted by molar-refractivity contribution is 0.256. The van der Waals surface area contributed by atoms with Crippen molar-refractivity contribution in [3.05, 3.63) is 28.8 Å². The van der Waals surface area contributed by atoms with Crippen molar-refractivity contribution in [2.45, 2.75) is 53.1 Å². The molecule has 0 fully saturated rings. The molecule has 0 aromatic heterocycles. The van der Waals surface area contributed by atoms with Crippen LogP contribution in [0.25, 0.3) is 0 Å². The Hall–Kier alpha value is -0.730. The van der Waals surface area contributed by atoms with Gasteiger partial charge in [0.25, 0.3) is 0 Å². The number of ether oxygens (including phenoxy) is 1. The van der Waals surface area contributed by atoms with Crippen LogP contribution in [-0.2, 0) is 6.54 Å². The summed E-state index contributed by atoms with van der Waals surface area (Å²) in [5.41, 5.74) is 1.29. The molecule has 0 aliphatic rings. The summed E-state index contributed by atoms with van der Waals surface area (Å²) in [5, 5.41) is 4.14. The van der Waals surface area contributed by atoms with Gasteiger partial charge in [0.2, 0.25) is 0 Å². The molecule has 0 bridgehead atoms. The van der Waals surface area contributed by atoms with Crippen LogP contribution in [0.3, 0.4) is 0 Å². The summed E-state index contributed by atoms with van der Waals surface area (Å²) in [4.78, 5) is 0. The summed E-state index contributed by atoms with van der Waals surface area (Å²) >= 11 is 6.25. The number of hydrogen-bond donors (Lipinski definition) is 1. The Kier molecular flexibility index (Phi) is 6.15. The molecule has 0 aliphatic carbocycles. The summed E-state index contributed by atoms with van der Waals surface area (Å²) in [6.45, 7) is 12.3. The van der Waals surface area contributed by atoms with Crippen molar-refractivity contribution < 1.29 is 4.74 Å². The van der Waals surface area contributed by atoms with Crippen LogP contribution in [0.4, 0.5) is 0 Å². The monoisotopic (exact) mass is 283 g/mol. The molecular weight excluding hydrogens is 258 g/mol. The zero-order chi connectivity index (χ0) is 14.5. The molecule has 1 aromatic rings. The molecule has 3 heteroatoms. The van der Waals surface area contributed by atoms with Gasteiger partial charge in [-0.15, -0.1) is 0 Å². The van der Waals surface area contributed by atoms with Gasteiger partial charge in [0.05, 0.1) is 11.6 Å². The second-order valence-electron chi connectivity index (χ2n) is 6.19. The minimum Gasteiger partial charge on any atom is -0.492 e. The number of nitrogens with one attached hydrogen (secondary N) is 1. The highest BCUT2D eigenvalue weighted by molar-refractivity contribution is 6.32. The standard InChI is InChI=1S/C16H26ClNO/c1-6-12(2)11-19-15-8-7-13(9-14(15)17)10-18-16(3,4)5/h7-9,12,18H,6,10-11H2,1-5H3. The van der Waals surface area contributed by atoms with Crippen LogP contribution < -0.4 is 10.1 Å². The maximum Gasteiger partial charge on any atom is 0.137 e. The van der Waals surface area contributed by atoms with Gasteiger partial charge in [-0.05, 0) is 44.4 Å². The molecule has 0 saturated heterocycles. The number of rotatable bonds is 6. The van der Waals surface area contributed by atoms with Crippen molar-refractivity contribution in [3.8, 4) is 5.75 Å². The van der Waals surface area contributed by atoms with Crippen molar-refractivity contribution in [3.63, 3.8) is 0 Å². The Balaban J connectivity index is 2.59. The number of benzene rings is 1. The smallest absolute Gasteiger partial charge is 0.137 e. The Morgan fingerprint density at radius 1 is 1.32 bits per heavy atom. The minimum absolute atomic E-state index is 0.109. The lowest BCUT2D eigenvalue weighted by Gasteiger charge is -2.21. The maximum absolute atomic E-state index is 6.25. The Morgan fingerprint density at radius 2 is 2.00 bits per heavy atom. The van der Waals surface area contributed by atoms with E-state index in [-0.39, 0.29) is 5.54 Å². The van der Waals surface area contributed by atoms with E-state index in [2.05, 4.69) is 46.0 Å². The van der Waals surface area contributed by atoms with Crippen LogP contribution in [0, 0.1) is 5.92 Å². The fraction of sp³-hybridized carbons (Fsp3) is 0.625. The first-order valence-electron chi connectivity index (χ1n) is 6.98. The second-order valence-corrected chi connectivity index (χ2v) is 6.60. The van der Waals surface area contributed by atoms with Crippen LogP contribution in [0.5, 0.6) is 5.75 Å². The van der Waals surface area contributed by atoms with Gasteiger partial charge in [0, 0.05) is 12.1 Å². The SMILES string of the molecule is CCC(C)COc1ccc(CNC(C)(C)C)cc1Cl. The van der Waals surface area contributed by atoms with Crippen molar-refractivity contribution in [1.29, 1.82) is 0 Å². The molecule has 0 heterocycles. The molecule has 2 nitrogen and oxygen atoms in total. The zero-order valence-electron chi connectivity index (χ0n) is 12.7. The van der Waals surface area contributed by atoms with Crippen LogP contribution in [-0.4, -0.2) is 12.1 Å². The van der Waals surface area contributed by atoms with E-state index in [0.717, 1.165) is 25.3 Å². The van der Waals surface area contributed by atoms with E-state index in [1.807, 2.05) is 12.1 Å². The van der Waals surface area contributed by atoms with Crippen LogP contribution >= 0.6 is 11.6 Å². The lowest BCUT2D eigenvalue weighted by Crippen LogP contribution is -2.35. The fourth-order valence-corrected chi connectivity index (χ4v) is 1.75. The molecule has 0 amide bonds. The van der Waals surface area contributed by atoms with E-state index >= 15 is 0 Å². The van der Waals surface area contributed by atoms with Gasteiger partial charge in [-0.1, -0.05) is 37.9 Å². The average Bonchev–Trinajstić information content (AvgIpc) is 2.34. The van der Waals surface area contributed by atoms with Gasteiger partial charge < -0.3 is 10.1 Å². The first-order chi connectivity index (χ1) is 8.81. The highest BCUT2D eigenvalue weighted by atomic mass is 35.5. The molecule has 1 rings (SSSR count). The summed E-state index contributed by atoms with van der Waals surface area (Å²) in [6, 6.07) is 6.01. The molecule has 1 unspecified atom stereocenters. The highest BCUT2D eigenvalue weighted by Gasteiger charge is 2.10. The zero-order valence-corrected chi connectivity index (χ0v) is 13.5. The van der Waals surface area contributed by atoms with Gasteiger partial charge in [0.15, 0.2) is 0 Å². The highest BCUT2D eigenvalue weighted by Crippen LogP contribution is 2.26. The molecule has 19 heavy (non-hydrogen) atoms. The molecule has 0 radical (unpaired) electrons. The summed E-state index contributed by atoms with van der Waals surface area (Å²) in [7, 11) is 0. The predicted molar refractivity (Wildman–Crippen MR) is 83.0 cm³/mol. The Bertz CT molecular complexity index is 398. The largest absolute Gasteiger partial charge is 0.492 e.